The van der Waals surface area contributed by atoms with Crippen LogP contribution in [0.4, 0.5) is 37.0 Å². The van der Waals surface area contributed by atoms with E-state index in [4.69, 9.17) is 4.74 Å². The molecule has 0 radical (unpaired) electrons. The number of esters is 1. The van der Waals surface area contributed by atoms with Crippen molar-refractivity contribution in [3.8, 4) is 0 Å². The molecule has 2 aromatic rings. The zero-order valence-electron chi connectivity index (χ0n) is 16.9. The number of carbonyl (C=O) groups excluding carboxylic acids is 2. The van der Waals surface area contributed by atoms with E-state index >= 15 is 0 Å². The number of fused-ring (bicyclic) bond motifs is 1. The van der Waals surface area contributed by atoms with Crippen LogP contribution in [0.3, 0.4) is 0 Å². The Morgan fingerprint density at radius 2 is 1.65 bits per heavy atom. The molecular formula is C18H18F6N2O5. The summed E-state index contributed by atoms with van der Waals surface area (Å²) in [6.45, 7) is 5.72. The SMILES string of the molecule is COC(=O)N(c1noc2c(C(F)(F)F)cc(C(F)(F)F)cc12)C(C)C(=O)OC(C)(C)C. The summed E-state index contributed by atoms with van der Waals surface area (Å²) in [4.78, 5) is 25.2. The number of anilines is 1. The summed E-state index contributed by atoms with van der Waals surface area (Å²) in [6, 6.07) is -1.31. The lowest BCUT2D eigenvalue weighted by Gasteiger charge is -2.28. The van der Waals surface area contributed by atoms with E-state index in [9.17, 15) is 35.9 Å². The maximum Gasteiger partial charge on any atom is 0.420 e. The molecule has 172 valence electrons. The van der Waals surface area contributed by atoms with Gasteiger partial charge in [0, 0.05) is 0 Å². The van der Waals surface area contributed by atoms with E-state index < -0.39 is 64.0 Å². The average molecular weight is 456 g/mol. The predicted molar refractivity (Wildman–Crippen MR) is 94.2 cm³/mol. The van der Waals surface area contributed by atoms with Gasteiger partial charge in [0.2, 0.25) is 0 Å². The Bertz CT molecular complexity index is 990. The first-order chi connectivity index (χ1) is 14.0. The largest absolute Gasteiger partial charge is 0.458 e. The summed E-state index contributed by atoms with van der Waals surface area (Å²) in [5.41, 5.74) is -5.43. The number of alkyl halides is 6. The molecule has 31 heavy (non-hydrogen) atoms. The minimum atomic E-state index is -5.22. The Morgan fingerprint density at radius 3 is 2.10 bits per heavy atom. The molecule has 0 fully saturated rings. The third kappa shape index (κ3) is 5.20. The van der Waals surface area contributed by atoms with Crippen molar-refractivity contribution in [1.29, 1.82) is 0 Å². The molecule has 0 aliphatic rings. The predicted octanol–water partition coefficient (Wildman–Crippen LogP) is 5.17. The highest BCUT2D eigenvalue weighted by atomic mass is 19.4. The second kappa shape index (κ2) is 7.93. The maximum absolute atomic E-state index is 13.4. The second-order valence-electron chi connectivity index (χ2n) is 7.45. The highest BCUT2D eigenvalue weighted by Gasteiger charge is 2.42. The number of nitrogens with zero attached hydrogens (tertiary/aromatic N) is 2. The van der Waals surface area contributed by atoms with Crippen LogP contribution in [0.1, 0.15) is 38.8 Å². The molecule has 1 aromatic carbocycles. The molecular weight excluding hydrogens is 438 g/mol. The molecule has 1 aromatic heterocycles. The molecule has 1 amide bonds. The van der Waals surface area contributed by atoms with Gasteiger partial charge in [-0.1, -0.05) is 5.16 Å². The number of carbonyl (C=O) groups is 2. The molecule has 0 saturated heterocycles. The van der Waals surface area contributed by atoms with Gasteiger partial charge >= 0.3 is 24.4 Å². The summed E-state index contributed by atoms with van der Waals surface area (Å²) in [7, 11) is 0.904. The Balaban J connectivity index is 2.75. The first kappa shape index (κ1) is 24.3. The topological polar surface area (TPSA) is 81.9 Å². The van der Waals surface area contributed by atoms with Crippen LogP contribution in [0.5, 0.6) is 0 Å². The van der Waals surface area contributed by atoms with Gasteiger partial charge in [0.15, 0.2) is 11.4 Å². The number of rotatable bonds is 3. The van der Waals surface area contributed by atoms with Crippen molar-refractivity contribution >= 4 is 28.8 Å². The fraction of sp³-hybridized carbons (Fsp3) is 0.500. The smallest absolute Gasteiger partial charge is 0.420 e. The molecule has 1 heterocycles. The Hall–Kier alpha value is -2.99. The van der Waals surface area contributed by atoms with Crippen molar-refractivity contribution in [3.63, 3.8) is 0 Å². The van der Waals surface area contributed by atoms with E-state index in [0.29, 0.717) is 11.0 Å². The van der Waals surface area contributed by atoms with E-state index in [1.165, 1.54) is 20.8 Å². The molecule has 0 bridgehead atoms. The monoisotopic (exact) mass is 456 g/mol. The van der Waals surface area contributed by atoms with Crippen molar-refractivity contribution in [2.75, 3.05) is 12.0 Å². The van der Waals surface area contributed by atoms with E-state index in [-0.39, 0.29) is 6.07 Å². The molecule has 0 aliphatic heterocycles. The van der Waals surface area contributed by atoms with Gasteiger partial charge in [-0.25, -0.2) is 14.5 Å². The fourth-order valence-electron chi connectivity index (χ4n) is 2.60. The van der Waals surface area contributed by atoms with Gasteiger partial charge in [-0.05, 0) is 39.8 Å². The zero-order chi connectivity index (χ0) is 23.9. The summed E-state index contributed by atoms with van der Waals surface area (Å²) in [5, 5.41) is 2.55. The van der Waals surface area contributed by atoms with Crippen LogP contribution in [-0.2, 0) is 26.6 Å². The normalized spacial score (nSPS) is 13.8. The van der Waals surface area contributed by atoms with E-state index in [1.807, 2.05) is 0 Å². The van der Waals surface area contributed by atoms with E-state index in [1.54, 1.807) is 0 Å². The van der Waals surface area contributed by atoms with Gasteiger partial charge in [0.1, 0.15) is 17.2 Å². The van der Waals surface area contributed by atoms with Crippen LogP contribution in [0.2, 0.25) is 0 Å². The number of halogens is 6. The second-order valence-corrected chi connectivity index (χ2v) is 7.45. The van der Waals surface area contributed by atoms with Crippen LogP contribution in [-0.4, -0.2) is 36.0 Å². The Morgan fingerprint density at radius 1 is 1.06 bits per heavy atom. The van der Waals surface area contributed by atoms with Crippen LogP contribution in [0, 0.1) is 0 Å². The summed E-state index contributed by atoms with van der Waals surface area (Å²) in [6.07, 6.45) is -11.6. The number of hydrogen-bond donors (Lipinski definition) is 0. The lowest BCUT2D eigenvalue weighted by molar-refractivity contribution is -0.156. The highest BCUT2D eigenvalue weighted by Crippen LogP contribution is 2.42. The van der Waals surface area contributed by atoms with Crippen molar-refractivity contribution in [3.05, 3.63) is 23.3 Å². The van der Waals surface area contributed by atoms with Crippen LogP contribution in [0.15, 0.2) is 16.7 Å². The molecule has 13 heteroatoms. The minimum absolute atomic E-state index is 0.128. The van der Waals surface area contributed by atoms with Crippen LogP contribution < -0.4 is 4.90 Å². The minimum Gasteiger partial charge on any atom is -0.458 e. The van der Waals surface area contributed by atoms with Crippen LogP contribution >= 0.6 is 0 Å². The Labute approximate surface area is 171 Å². The Kier molecular flexibility index (Phi) is 6.21. The molecule has 1 atom stereocenters. The van der Waals surface area contributed by atoms with Crippen molar-refractivity contribution in [2.45, 2.75) is 51.7 Å². The summed E-state index contributed by atoms with van der Waals surface area (Å²) >= 11 is 0. The van der Waals surface area contributed by atoms with E-state index in [0.717, 1.165) is 14.0 Å². The summed E-state index contributed by atoms with van der Waals surface area (Å²) in [5.74, 6) is -1.77. The fourth-order valence-corrected chi connectivity index (χ4v) is 2.60. The highest BCUT2D eigenvalue weighted by molar-refractivity contribution is 6.03. The molecule has 0 spiro atoms. The number of aromatic nitrogens is 1. The number of methoxy groups -OCH3 is 1. The van der Waals surface area contributed by atoms with Crippen LogP contribution in [0.25, 0.3) is 11.0 Å². The third-order valence-electron chi connectivity index (χ3n) is 3.92. The standard InChI is InChI=1S/C18H18F6N2O5/c1-8(14(27)30-16(2,3)4)26(15(28)29-5)13-10-6-9(17(19,20)21)7-11(18(22,23)24)12(10)31-25-13/h6-8H,1-5H3. The molecule has 0 N–H and O–H groups in total. The van der Waals surface area contributed by atoms with Gasteiger partial charge < -0.3 is 14.0 Å². The first-order valence-corrected chi connectivity index (χ1v) is 8.65. The molecule has 2 rings (SSSR count). The summed E-state index contributed by atoms with van der Waals surface area (Å²) < 4.78 is 94.1. The van der Waals surface area contributed by atoms with Gasteiger partial charge in [-0.2, -0.15) is 26.3 Å². The van der Waals surface area contributed by atoms with Gasteiger partial charge in [-0.3, -0.25) is 0 Å². The van der Waals surface area contributed by atoms with Gasteiger partial charge in [0.25, 0.3) is 0 Å². The molecule has 0 saturated carbocycles. The van der Waals surface area contributed by atoms with Crippen molar-refractivity contribution in [1.82, 2.24) is 5.16 Å². The number of amides is 1. The first-order valence-electron chi connectivity index (χ1n) is 8.65. The third-order valence-corrected chi connectivity index (χ3v) is 3.92. The van der Waals surface area contributed by atoms with Crippen molar-refractivity contribution in [2.24, 2.45) is 0 Å². The quantitative estimate of drug-likeness (QED) is 0.468. The van der Waals surface area contributed by atoms with Crippen molar-refractivity contribution < 1.29 is 49.9 Å². The number of ether oxygens (including phenoxy) is 2. The average Bonchev–Trinajstić information content (AvgIpc) is 3.01. The van der Waals surface area contributed by atoms with Gasteiger partial charge in [0.05, 0.1) is 18.1 Å². The zero-order valence-corrected chi connectivity index (χ0v) is 16.9. The number of benzene rings is 1. The lowest BCUT2D eigenvalue weighted by atomic mass is 10.1. The van der Waals surface area contributed by atoms with E-state index in [2.05, 4.69) is 14.4 Å². The molecule has 7 nitrogen and oxygen atoms in total. The van der Waals surface area contributed by atoms with Gasteiger partial charge in [-0.15, -0.1) is 0 Å². The molecule has 0 aliphatic carbocycles. The number of hydrogen-bond acceptors (Lipinski definition) is 6. The maximum atomic E-state index is 13.4. The molecule has 1 unspecified atom stereocenters. The lowest BCUT2D eigenvalue weighted by Crippen LogP contribution is -2.46.